The minimum Gasteiger partial charge on any atom is -0.550 e. The zero-order chi connectivity index (χ0) is 8.85. The van der Waals surface area contributed by atoms with Crippen LogP contribution in [0.3, 0.4) is 0 Å². The normalized spacial score (nSPS) is 13.0. The van der Waals surface area contributed by atoms with Crippen molar-refractivity contribution in [1.82, 2.24) is 0 Å². The summed E-state index contributed by atoms with van der Waals surface area (Å²) >= 11 is 0. The lowest BCUT2D eigenvalue weighted by Crippen LogP contribution is -2.26. The second-order valence-corrected chi connectivity index (χ2v) is 3.10. The topological polar surface area (TPSA) is 57.2 Å². The summed E-state index contributed by atoms with van der Waals surface area (Å²) in [6, 6.07) is 0. The molecule has 0 saturated heterocycles. The average molecular weight is 157 g/mol. The Kier molecular flexibility index (Phi) is 4.50. The Hall–Kier alpha value is -0.860. The van der Waals surface area contributed by atoms with Crippen LogP contribution >= 0.6 is 0 Å². The summed E-state index contributed by atoms with van der Waals surface area (Å²) < 4.78 is 0. The molecule has 0 aromatic heterocycles. The van der Waals surface area contributed by atoms with E-state index in [1.807, 2.05) is 13.8 Å². The van der Waals surface area contributed by atoms with Crippen LogP contribution in [0.25, 0.3) is 0 Å². The first-order valence-corrected chi connectivity index (χ1v) is 3.71. The molecule has 0 rings (SSSR count). The molecule has 0 aromatic carbocycles. The number of carbonyl (C=O) groups excluding carboxylic acids is 2. The first-order chi connectivity index (χ1) is 5.06. The third kappa shape index (κ3) is 5.58. The first-order valence-electron chi connectivity index (χ1n) is 3.71. The van der Waals surface area contributed by atoms with Gasteiger partial charge in [0.1, 0.15) is 6.29 Å². The Morgan fingerprint density at radius 3 is 2.36 bits per heavy atom. The number of aldehydes is 1. The van der Waals surface area contributed by atoms with Gasteiger partial charge in [0.15, 0.2) is 0 Å². The summed E-state index contributed by atoms with van der Waals surface area (Å²) in [4.78, 5) is 20.4. The summed E-state index contributed by atoms with van der Waals surface area (Å²) in [7, 11) is 0. The zero-order valence-electron chi connectivity index (χ0n) is 6.87. The van der Waals surface area contributed by atoms with E-state index in [2.05, 4.69) is 0 Å². The van der Waals surface area contributed by atoms with Crippen molar-refractivity contribution in [1.29, 1.82) is 0 Å². The van der Waals surface area contributed by atoms with Gasteiger partial charge in [0, 0.05) is 11.9 Å². The molecule has 1 atom stereocenters. The number of carbonyl (C=O) groups is 2. The quantitative estimate of drug-likeness (QED) is 0.527. The van der Waals surface area contributed by atoms with E-state index in [1.54, 1.807) is 0 Å². The highest BCUT2D eigenvalue weighted by molar-refractivity contribution is 5.69. The monoisotopic (exact) mass is 157 g/mol. The van der Waals surface area contributed by atoms with Crippen molar-refractivity contribution < 1.29 is 14.7 Å². The molecule has 3 nitrogen and oxygen atoms in total. The minimum absolute atomic E-state index is 0.151. The maximum Gasteiger partial charge on any atom is 0.123 e. The maximum absolute atomic E-state index is 10.3. The predicted molar refractivity (Wildman–Crippen MR) is 38.6 cm³/mol. The van der Waals surface area contributed by atoms with E-state index >= 15 is 0 Å². The first kappa shape index (κ1) is 10.1. The van der Waals surface area contributed by atoms with Crippen LogP contribution in [0, 0.1) is 11.8 Å². The molecule has 11 heavy (non-hydrogen) atoms. The number of hydrogen-bond donors (Lipinski definition) is 0. The van der Waals surface area contributed by atoms with Crippen LogP contribution in [0.1, 0.15) is 26.7 Å². The number of rotatable bonds is 5. The molecule has 0 spiro atoms. The second kappa shape index (κ2) is 4.88. The molecule has 0 saturated carbocycles. The van der Waals surface area contributed by atoms with Gasteiger partial charge in [-0.15, -0.1) is 0 Å². The van der Waals surface area contributed by atoms with E-state index < -0.39 is 5.97 Å². The van der Waals surface area contributed by atoms with E-state index in [9.17, 15) is 14.7 Å². The van der Waals surface area contributed by atoms with E-state index in [1.165, 1.54) is 0 Å². The van der Waals surface area contributed by atoms with Crippen molar-refractivity contribution in [3.63, 3.8) is 0 Å². The smallest absolute Gasteiger partial charge is 0.123 e. The second-order valence-electron chi connectivity index (χ2n) is 3.10. The number of carboxylic acid groups (broad SMARTS) is 1. The summed E-state index contributed by atoms with van der Waals surface area (Å²) in [5, 5.41) is 10.1. The molecular weight excluding hydrogens is 144 g/mol. The third-order valence-electron chi connectivity index (χ3n) is 1.40. The van der Waals surface area contributed by atoms with E-state index in [0.29, 0.717) is 18.6 Å². The highest BCUT2D eigenvalue weighted by Crippen LogP contribution is 2.12. The zero-order valence-corrected chi connectivity index (χ0v) is 6.87. The van der Waals surface area contributed by atoms with Crippen LogP contribution in [0.5, 0.6) is 0 Å². The van der Waals surface area contributed by atoms with Gasteiger partial charge in [-0.3, -0.25) is 0 Å². The molecule has 0 aliphatic heterocycles. The molecule has 3 heteroatoms. The largest absolute Gasteiger partial charge is 0.550 e. The van der Waals surface area contributed by atoms with Gasteiger partial charge < -0.3 is 14.7 Å². The molecule has 0 N–H and O–H groups in total. The molecule has 0 amide bonds. The summed E-state index contributed by atoms with van der Waals surface area (Å²) in [5.41, 5.74) is 0. The van der Waals surface area contributed by atoms with Crippen LogP contribution in [0.15, 0.2) is 0 Å². The van der Waals surface area contributed by atoms with Gasteiger partial charge >= 0.3 is 0 Å². The van der Waals surface area contributed by atoms with Crippen molar-refractivity contribution in [2.45, 2.75) is 26.7 Å². The van der Waals surface area contributed by atoms with Gasteiger partial charge in [-0.05, 0) is 18.8 Å². The van der Waals surface area contributed by atoms with E-state index in [0.717, 1.165) is 0 Å². The van der Waals surface area contributed by atoms with Crippen molar-refractivity contribution >= 4 is 12.3 Å². The van der Waals surface area contributed by atoms with Crippen LogP contribution < -0.4 is 5.11 Å². The molecule has 0 heterocycles. The van der Waals surface area contributed by atoms with Gasteiger partial charge in [-0.25, -0.2) is 0 Å². The maximum atomic E-state index is 10.3. The Morgan fingerprint density at radius 2 is 2.09 bits per heavy atom. The molecule has 0 aromatic rings. The van der Waals surface area contributed by atoms with Crippen LogP contribution in [-0.2, 0) is 9.59 Å². The summed E-state index contributed by atoms with van der Waals surface area (Å²) in [6.45, 7) is 3.90. The van der Waals surface area contributed by atoms with Crippen molar-refractivity contribution in [3.8, 4) is 0 Å². The minimum atomic E-state index is -1.15. The Balaban J connectivity index is 3.76. The molecule has 0 aliphatic carbocycles. The Bertz CT molecular complexity index is 140. The molecule has 64 valence electrons. The van der Waals surface area contributed by atoms with Crippen LogP contribution in [-0.4, -0.2) is 12.3 Å². The highest BCUT2D eigenvalue weighted by atomic mass is 16.4. The lowest BCUT2D eigenvalue weighted by atomic mass is 9.96. The third-order valence-corrected chi connectivity index (χ3v) is 1.40. The molecular formula is C8H13O3-. The van der Waals surface area contributed by atoms with E-state index in [-0.39, 0.29) is 12.3 Å². The molecule has 0 aliphatic rings. The number of hydrogen-bond acceptors (Lipinski definition) is 3. The van der Waals surface area contributed by atoms with Gasteiger partial charge in [-0.2, -0.15) is 0 Å². The van der Waals surface area contributed by atoms with E-state index in [4.69, 9.17) is 0 Å². The number of carboxylic acids is 1. The standard InChI is InChI=1S/C8H14O3/c1-6(2)3-7(5-9)4-8(10)11/h5-7H,3-4H2,1-2H3,(H,10,11)/p-1. The molecule has 1 unspecified atom stereocenters. The molecule has 0 radical (unpaired) electrons. The fourth-order valence-corrected chi connectivity index (χ4v) is 1.01. The summed E-state index contributed by atoms with van der Waals surface area (Å²) in [6.07, 6.45) is 1.16. The van der Waals surface area contributed by atoms with Crippen LogP contribution in [0.4, 0.5) is 0 Å². The Labute approximate surface area is 66.4 Å². The number of aliphatic carboxylic acids is 1. The Morgan fingerprint density at radius 1 is 1.55 bits per heavy atom. The summed E-state index contributed by atoms with van der Waals surface area (Å²) in [5.74, 6) is -1.17. The van der Waals surface area contributed by atoms with Crippen LogP contribution in [0.2, 0.25) is 0 Å². The lowest BCUT2D eigenvalue weighted by molar-refractivity contribution is -0.306. The fourth-order valence-electron chi connectivity index (χ4n) is 1.01. The highest BCUT2D eigenvalue weighted by Gasteiger charge is 2.09. The van der Waals surface area contributed by atoms with Gasteiger partial charge in [0.05, 0.1) is 0 Å². The van der Waals surface area contributed by atoms with Gasteiger partial charge in [0.2, 0.25) is 0 Å². The SMILES string of the molecule is CC(C)CC(C=O)CC(=O)[O-]. The van der Waals surface area contributed by atoms with Crippen molar-refractivity contribution in [3.05, 3.63) is 0 Å². The predicted octanol–water partition coefficient (Wildman–Crippen LogP) is -0.0124. The van der Waals surface area contributed by atoms with Gasteiger partial charge in [-0.1, -0.05) is 13.8 Å². The molecule has 0 fully saturated rings. The average Bonchev–Trinajstić information content (AvgIpc) is 1.84. The molecule has 0 bridgehead atoms. The fraction of sp³-hybridized carbons (Fsp3) is 0.750. The van der Waals surface area contributed by atoms with Crippen molar-refractivity contribution in [2.24, 2.45) is 11.8 Å². The van der Waals surface area contributed by atoms with Gasteiger partial charge in [0.25, 0.3) is 0 Å². The lowest BCUT2D eigenvalue weighted by Gasteiger charge is -2.12. The van der Waals surface area contributed by atoms with Crippen molar-refractivity contribution in [2.75, 3.05) is 0 Å².